The van der Waals surface area contributed by atoms with Crippen LogP contribution in [0.4, 0.5) is 0 Å². The summed E-state index contributed by atoms with van der Waals surface area (Å²) in [5, 5.41) is 9.13. The van der Waals surface area contributed by atoms with Crippen molar-refractivity contribution in [1.29, 1.82) is 0 Å². The van der Waals surface area contributed by atoms with Crippen LogP contribution < -0.4 is 0 Å². The zero-order valence-corrected chi connectivity index (χ0v) is 14.9. The molecule has 2 heterocycles. The standard InChI is InChI=1S/C19H12N4.Pt/c1-3-7-18(8-4-1)22-13-11-16(20-22)15-17-12-14-23(21-17)19-9-5-2-6-10-19;/h1,3-5,7,10-14H,15H2;/q-2;+2. The predicted octanol–water partition coefficient (Wildman–Crippen LogP) is 2.98. The van der Waals surface area contributed by atoms with Crippen LogP contribution in [0.15, 0.2) is 72.4 Å². The van der Waals surface area contributed by atoms with Gasteiger partial charge >= 0.3 is 21.1 Å². The number of hydrogen-bond acceptors (Lipinski definition) is 2. The Labute approximate surface area is 154 Å². The van der Waals surface area contributed by atoms with E-state index >= 15 is 0 Å². The number of hydrogen-bond donors (Lipinski definition) is 0. The van der Waals surface area contributed by atoms with E-state index in [4.69, 9.17) is 0 Å². The third-order valence-electron chi connectivity index (χ3n) is 3.42. The summed E-state index contributed by atoms with van der Waals surface area (Å²) in [6.45, 7) is 0. The van der Waals surface area contributed by atoms with Crippen LogP contribution in [0.3, 0.4) is 0 Å². The van der Waals surface area contributed by atoms with Crippen LogP contribution in [0.5, 0.6) is 0 Å². The van der Waals surface area contributed by atoms with Crippen LogP contribution in [0, 0.1) is 12.1 Å². The molecule has 0 atom stereocenters. The van der Waals surface area contributed by atoms with E-state index in [0.29, 0.717) is 6.42 Å². The third-order valence-corrected chi connectivity index (χ3v) is 3.42. The van der Waals surface area contributed by atoms with Crippen molar-refractivity contribution in [2.75, 3.05) is 0 Å². The van der Waals surface area contributed by atoms with Crippen LogP contribution in [0.2, 0.25) is 0 Å². The SMILES string of the molecule is C1=C=CC(n2ccc(Cc3ccn(-c4[c-]cccc4)n3)n2)=[C-]C=1.[Pt+2]. The first-order chi connectivity index (χ1) is 11.4. The van der Waals surface area contributed by atoms with Gasteiger partial charge in [-0.2, -0.15) is 34.5 Å². The van der Waals surface area contributed by atoms with Gasteiger partial charge in [-0.25, -0.2) is 11.5 Å². The van der Waals surface area contributed by atoms with Crippen LogP contribution >= 0.6 is 0 Å². The summed E-state index contributed by atoms with van der Waals surface area (Å²) in [7, 11) is 0. The molecular formula is C19H12N4Pt. The molecule has 1 aliphatic carbocycles. The van der Waals surface area contributed by atoms with Crippen molar-refractivity contribution >= 4 is 5.70 Å². The topological polar surface area (TPSA) is 35.6 Å². The summed E-state index contributed by atoms with van der Waals surface area (Å²) in [5.74, 6) is 0. The van der Waals surface area contributed by atoms with Crippen molar-refractivity contribution in [3.8, 4) is 5.69 Å². The van der Waals surface area contributed by atoms with Gasteiger partial charge in [-0.3, -0.25) is 9.36 Å². The van der Waals surface area contributed by atoms with Gasteiger partial charge in [0.2, 0.25) is 0 Å². The molecule has 3 aromatic rings. The van der Waals surface area contributed by atoms with Crippen LogP contribution in [-0.4, -0.2) is 19.6 Å². The minimum absolute atomic E-state index is 0. The van der Waals surface area contributed by atoms with Crippen molar-refractivity contribution < 1.29 is 21.1 Å². The Hall–Kier alpha value is -2.63. The minimum atomic E-state index is 0. The van der Waals surface area contributed by atoms with E-state index in [9.17, 15) is 0 Å². The van der Waals surface area contributed by atoms with Gasteiger partial charge in [-0.05, 0) is 23.5 Å². The van der Waals surface area contributed by atoms with Crippen molar-refractivity contribution in [1.82, 2.24) is 19.6 Å². The van der Waals surface area contributed by atoms with Crippen LogP contribution in [0.25, 0.3) is 11.4 Å². The average molecular weight is 491 g/mol. The molecule has 0 N–H and O–H groups in total. The Morgan fingerprint density at radius 2 is 1.75 bits per heavy atom. The average Bonchev–Trinajstić information content (AvgIpc) is 3.27. The maximum Gasteiger partial charge on any atom is 2.00 e. The molecule has 2 aromatic heterocycles. The quantitative estimate of drug-likeness (QED) is 0.416. The van der Waals surface area contributed by atoms with Gasteiger partial charge in [0, 0.05) is 18.8 Å². The molecule has 0 saturated carbocycles. The minimum Gasteiger partial charge on any atom is -0.265 e. The third kappa shape index (κ3) is 3.47. The van der Waals surface area contributed by atoms with Gasteiger partial charge in [0.1, 0.15) is 0 Å². The molecule has 24 heavy (non-hydrogen) atoms. The summed E-state index contributed by atoms with van der Waals surface area (Å²) in [5.41, 5.74) is 9.42. The normalized spacial score (nSPS) is 12.1. The number of para-hydroxylation sites is 1. The van der Waals surface area contributed by atoms with Crippen molar-refractivity contribution in [2.45, 2.75) is 6.42 Å². The predicted molar refractivity (Wildman–Crippen MR) is 86.5 cm³/mol. The van der Waals surface area contributed by atoms with Crippen molar-refractivity contribution in [3.63, 3.8) is 0 Å². The van der Waals surface area contributed by atoms with E-state index in [1.807, 2.05) is 53.5 Å². The largest absolute Gasteiger partial charge is 2.00 e. The summed E-state index contributed by atoms with van der Waals surface area (Å²) < 4.78 is 3.60. The van der Waals surface area contributed by atoms with Crippen molar-refractivity contribution in [2.24, 2.45) is 0 Å². The molecule has 4 rings (SSSR count). The van der Waals surface area contributed by atoms with Crippen LogP contribution in [0.1, 0.15) is 11.4 Å². The van der Waals surface area contributed by atoms with Gasteiger partial charge in [0.25, 0.3) is 0 Å². The molecule has 5 heteroatoms. The molecule has 118 valence electrons. The van der Waals surface area contributed by atoms with E-state index in [1.54, 1.807) is 16.8 Å². The molecule has 0 aliphatic heterocycles. The second-order valence-electron chi connectivity index (χ2n) is 5.03. The fourth-order valence-corrected chi connectivity index (χ4v) is 2.33. The van der Waals surface area contributed by atoms with E-state index in [-0.39, 0.29) is 21.1 Å². The second kappa shape index (κ2) is 7.29. The molecule has 0 radical (unpaired) electrons. The molecule has 0 bridgehead atoms. The number of nitrogens with zero attached hydrogens (tertiary/aromatic N) is 4. The fraction of sp³-hybridized carbons (Fsp3) is 0.0526. The zero-order valence-electron chi connectivity index (χ0n) is 12.6. The zero-order chi connectivity index (χ0) is 15.5. The number of allylic oxidation sites excluding steroid dienone is 4. The van der Waals surface area contributed by atoms with E-state index < -0.39 is 0 Å². The first kappa shape index (κ1) is 16.2. The Kier molecular flexibility index (Phi) is 4.93. The Morgan fingerprint density at radius 1 is 0.958 bits per heavy atom. The van der Waals surface area contributed by atoms with Gasteiger partial charge < -0.3 is 0 Å². The Balaban J connectivity index is 0.00000169. The molecule has 0 unspecified atom stereocenters. The summed E-state index contributed by atoms with van der Waals surface area (Å²) in [4.78, 5) is 0. The van der Waals surface area contributed by atoms with E-state index in [1.165, 1.54) is 0 Å². The molecule has 1 aromatic carbocycles. The van der Waals surface area contributed by atoms with Gasteiger partial charge in [-0.15, -0.1) is 18.2 Å². The summed E-state index contributed by atoms with van der Waals surface area (Å²) in [6.07, 6.45) is 11.1. The monoisotopic (exact) mass is 491 g/mol. The molecule has 4 nitrogen and oxygen atoms in total. The van der Waals surface area contributed by atoms with E-state index in [2.05, 4.69) is 33.8 Å². The Morgan fingerprint density at radius 3 is 2.46 bits per heavy atom. The van der Waals surface area contributed by atoms with E-state index in [0.717, 1.165) is 22.8 Å². The van der Waals surface area contributed by atoms with Crippen LogP contribution in [-0.2, 0) is 27.5 Å². The molecule has 0 spiro atoms. The molecule has 0 saturated heterocycles. The van der Waals surface area contributed by atoms with Crippen molar-refractivity contribution in [3.05, 3.63) is 95.9 Å². The second-order valence-corrected chi connectivity index (χ2v) is 5.03. The number of aromatic nitrogens is 4. The van der Waals surface area contributed by atoms with Gasteiger partial charge in [0.15, 0.2) is 0 Å². The first-order valence-corrected chi connectivity index (χ1v) is 7.24. The molecule has 1 aliphatic rings. The molecular weight excluding hydrogens is 479 g/mol. The van der Waals surface area contributed by atoms with Gasteiger partial charge in [-0.1, -0.05) is 6.08 Å². The number of rotatable bonds is 4. The number of benzene rings is 1. The maximum absolute atomic E-state index is 4.57. The molecule has 0 fully saturated rings. The smallest absolute Gasteiger partial charge is 0.265 e. The summed E-state index contributed by atoms with van der Waals surface area (Å²) in [6, 6.07) is 14.9. The first-order valence-electron chi connectivity index (χ1n) is 7.24. The van der Waals surface area contributed by atoms with Gasteiger partial charge in [0.05, 0.1) is 11.4 Å². The Bertz CT molecular complexity index is 966. The maximum atomic E-state index is 4.57. The molecule has 0 amide bonds. The summed E-state index contributed by atoms with van der Waals surface area (Å²) >= 11 is 0. The fourth-order valence-electron chi connectivity index (χ4n) is 2.33.